The highest BCUT2D eigenvalue weighted by Gasteiger charge is 1.96. The lowest BCUT2D eigenvalue weighted by molar-refractivity contribution is 1.28. The highest BCUT2D eigenvalue weighted by Crippen LogP contribution is 1.98. The van der Waals surface area contributed by atoms with E-state index in [1.807, 2.05) is 49.4 Å². The van der Waals surface area contributed by atoms with Gasteiger partial charge in [-0.15, -0.1) is 0 Å². The Bertz CT molecular complexity index is 348. The Morgan fingerprint density at radius 3 is 2.79 bits per heavy atom. The first-order valence-electron chi connectivity index (χ1n) is 4.56. The number of allylic oxidation sites excluding steroid dienone is 4. The fraction of sp³-hybridized carbons (Fsp3) is 0.167. The van der Waals surface area contributed by atoms with Crippen LogP contribution in [0.3, 0.4) is 0 Å². The Morgan fingerprint density at radius 2 is 2.21 bits per heavy atom. The summed E-state index contributed by atoms with van der Waals surface area (Å²) in [6.07, 6.45) is 9.61. The fourth-order valence-corrected chi connectivity index (χ4v) is 1.05. The van der Waals surface area contributed by atoms with E-state index >= 15 is 0 Å². The van der Waals surface area contributed by atoms with Crippen LogP contribution in [0.25, 0.3) is 0 Å². The maximum absolute atomic E-state index is 4.22. The molecule has 0 atom stereocenters. The first-order chi connectivity index (χ1) is 6.88. The van der Waals surface area contributed by atoms with Crippen LogP contribution in [0.5, 0.6) is 0 Å². The number of hydrogen-bond donors (Lipinski definition) is 0. The van der Waals surface area contributed by atoms with Crippen molar-refractivity contribution in [1.29, 1.82) is 0 Å². The molecule has 0 saturated heterocycles. The van der Waals surface area contributed by atoms with E-state index in [1.165, 1.54) is 0 Å². The van der Waals surface area contributed by atoms with Crippen LogP contribution in [-0.4, -0.2) is 17.7 Å². The maximum atomic E-state index is 4.22. The molecule has 1 aromatic rings. The summed E-state index contributed by atoms with van der Waals surface area (Å²) in [5.41, 5.74) is 1.79. The number of nitrogens with zero attached hydrogens (tertiary/aromatic N) is 2. The molecule has 72 valence electrons. The third kappa shape index (κ3) is 2.98. The van der Waals surface area contributed by atoms with Crippen LogP contribution in [0.2, 0.25) is 0 Å². The lowest BCUT2D eigenvalue weighted by Crippen LogP contribution is -1.98. The van der Waals surface area contributed by atoms with Crippen molar-refractivity contribution >= 4 is 5.71 Å². The van der Waals surface area contributed by atoms with Crippen molar-refractivity contribution in [3.05, 3.63) is 54.4 Å². The third-order valence-electron chi connectivity index (χ3n) is 1.73. The Balaban J connectivity index is 2.85. The second-order valence-corrected chi connectivity index (χ2v) is 2.71. The minimum absolute atomic E-state index is 0.892. The summed E-state index contributed by atoms with van der Waals surface area (Å²) >= 11 is 0. The van der Waals surface area contributed by atoms with Crippen molar-refractivity contribution in [3.8, 4) is 0 Å². The van der Waals surface area contributed by atoms with E-state index in [-0.39, 0.29) is 0 Å². The van der Waals surface area contributed by atoms with Crippen molar-refractivity contribution in [2.75, 3.05) is 7.05 Å². The van der Waals surface area contributed by atoms with Gasteiger partial charge in [-0.2, -0.15) is 0 Å². The van der Waals surface area contributed by atoms with E-state index in [9.17, 15) is 0 Å². The van der Waals surface area contributed by atoms with E-state index in [0.29, 0.717) is 0 Å². The van der Waals surface area contributed by atoms with Gasteiger partial charge in [-0.05, 0) is 25.1 Å². The predicted octanol–water partition coefficient (Wildman–Crippen LogP) is 2.63. The van der Waals surface area contributed by atoms with Gasteiger partial charge in [0.15, 0.2) is 0 Å². The van der Waals surface area contributed by atoms with Gasteiger partial charge in [0, 0.05) is 13.2 Å². The van der Waals surface area contributed by atoms with E-state index in [4.69, 9.17) is 0 Å². The largest absolute Gasteiger partial charge is 0.286 e. The van der Waals surface area contributed by atoms with Gasteiger partial charge >= 0.3 is 0 Å². The lowest BCUT2D eigenvalue weighted by Gasteiger charge is -1.97. The van der Waals surface area contributed by atoms with Gasteiger partial charge in [0.2, 0.25) is 0 Å². The van der Waals surface area contributed by atoms with Gasteiger partial charge in [-0.25, -0.2) is 0 Å². The van der Waals surface area contributed by atoms with Crippen molar-refractivity contribution in [1.82, 2.24) is 4.98 Å². The molecule has 1 heterocycles. The first-order valence-corrected chi connectivity index (χ1v) is 4.56. The first kappa shape index (κ1) is 10.4. The number of aromatic nitrogens is 1. The lowest BCUT2D eigenvalue weighted by atomic mass is 10.2. The second kappa shape index (κ2) is 5.86. The minimum atomic E-state index is 0.892. The quantitative estimate of drug-likeness (QED) is 0.526. The molecule has 0 spiro atoms. The second-order valence-electron chi connectivity index (χ2n) is 2.71. The van der Waals surface area contributed by atoms with Crippen LogP contribution < -0.4 is 0 Å². The zero-order valence-electron chi connectivity index (χ0n) is 8.51. The molecule has 0 unspecified atom stereocenters. The Hall–Kier alpha value is -1.70. The zero-order chi connectivity index (χ0) is 10.2. The van der Waals surface area contributed by atoms with Crippen molar-refractivity contribution in [3.63, 3.8) is 0 Å². The van der Waals surface area contributed by atoms with Gasteiger partial charge in [0.25, 0.3) is 0 Å². The molecule has 0 aliphatic carbocycles. The molecule has 0 fully saturated rings. The van der Waals surface area contributed by atoms with Gasteiger partial charge in [-0.1, -0.05) is 24.3 Å². The summed E-state index contributed by atoms with van der Waals surface area (Å²) in [7, 11) is 1.77. The van der Waals surface area contributed by atoms with Crippen molar-refractivity contribution in [2.45, 2.75) is 6.92 Å². The van der Waals surface area contributed by atoms with Crippen LogP contribution in [-0.2, 0) is 0 Å². The highest BCUT2D eigenvalue weighted by molar-refractivity contribution is 6.07. The van der Waals surface area contributed by atoms with Crippen LogP contribution in [0.15, 0.2) is 53.7 Å². The molecule has 2 nitrogen and oxygen atoms in total. The van der Waals surface area contributed by atoms with Gasteiger partial charge in [-0.3, -0.25) is 9.98 Å². The highest BCUT2D eigenvalue weighted by atomic mass is 14.7. The molecule has 0 aliphatic heterocycles. The summed E-state index contributed by atoms with van der Waals surface area (Å²) in [5.74, 6) is 0. The number of aliphatic imine (C=N–C) groups is 1. The van der Waals surface area contributed by atoms with E-state index < -0.39 is 0 Å². The normalized spacial score (nSPS) is 12.9. The van der Waals surface area contributed by atoms with Crippen LogP contribution in [0, 0.1) is 0 Å². The number of hydrogen-bond acceptors (Lipinski definition) is 2. The molecule has 2 heteroatoms. The summed E-state index contributed by atoms with van der Waals surface area (Å²) in [6, 6.07) is 5.80. The summed E-state index contributed by atoms with van der Waals surface area (Å²) in [4.78, 5) is 8.39. The number of pyridine rings is 1. The third-order valence-corrected chi connectivity index (χ3v) is 1.73. The van der Waals surface area contributed by atoms with Gasteiger partial charge in [0.1, 0.15) is 0 Å². The van der Waals surface area contributed by atoms with Crippen molar-refractivity contribution in [2.24, 2.45) is 4.99 Å². The molecule has 0 saturated carbocycles. The molecule has 0 bridgehead atoms. The van der Waals surface area contributed by atoms with Gasteiger partial charge < -0.3 is 0 Å². The molecular weight excluding hydrogens is 172 g/mol. The van der Waals surface area contributed by atoms with E-state index in [0.717, 1.165) is 11.4 Å². The molecular formula is C12H14N2. The van der Waals surface area contributed by atoms with Crippen LogP contribution in [0.1, 0.15) is 12.6 Å². The SMILES string of the molecule is C/C=C\C=C/C(=NC)c1ccccn1. The summed E-state index contributed by atoms with van der Waals surface area (Å²) in [6.45, 7) is 1.98. The van der Waals surface area contributed by atoms with E-state index in [2.05, 4.69) is 9.98 Å². The zero-order valence-corrected chi connectivity index (χ0v) is 8.51. The molecule has 1 aromatic heterocycles. The fourth-order valence-electron chi connectivity index (χ4n) is 1.05. The van der Waals surface area contributed by atoms with Crippen LogP contribution in [0.4, 0.5) is 0 Å². The maximum Gasteiger partial charge on any atom is 0.0881 e. The molecule has 0 N–H and O–H groups in total. The number of rotatable bonds is 3. The van der Waals surface area contributed by atoms with E-state index in [1.54, 1.807) is 13.2 Å². The topological polar surface area (TPSA) is 25.2 Å². The Morgan fingerprint density at radius 1 is 1.36 bits per heavy atom. The minimum Gasteiger partial charge on any atom is -0.286 e. The molecule has 0 radical (unpaired) electrons. The van der Waals surface area contributed by atoms with Crippen molar-refractivity contribution < 1.29 is 0 Å². The molecule has 0 amide bonds. The summed E-state index contributed by atoms with van der Waals surface area (Å²) in [5, 5.41) is 0. The smallest absolute Gasteiger partial charge is 0.0881 e. The van der Waals surface area contributed by atoms with Gasteiger partial charge in [0.05, 0.1) is 11.4 Å². The molecule has 14 heavy (non-hydrogen) atoms. The predicted molar refractivity (Wildman–Crippen MR) is 60.7 cm³/mol. The average molecular weight is 186 g/mol. The Labute approximate surface area is 84.7 Å². The standard InChI is InChI=1S/C12H14N2/c1-3-4-5-8-11(13-2)12-9-6-7-10-14-12/h3-10H,1-2H3/b4-3-,8-5-,13-11?. The monoisotopic (exact) mass is 186 g/mol. The molecule has 0 aliphatic rings. The summed E-state index contributed by atoms with van der Waals surface area (Å²) < 4.78 is 0. The Kier molecular flexibility index (Phi) is 4.35. The molecule has 0 aromatic carbocycles. The average Bonchev–Trinajstić information content (AvgIpc) is 2.26. The van der Waals surface area contributed by atoms with Crippen LogP contribution >= 0.6 is 0 Å². The molecule has 1 rings (SSSR count).